The van der Waals surface area contributed by atoms with E-state index in [-0.39, 0.29) is 5.60 Å². The van der Waals surface area contributed by atoms with E-state index in [1.54, 1.807) is 7.11 Å². The Morgan fingerprint density at radius 3 is 3.08 bits per heavy atom. The van der Waals surface area contributed by atoms with Gasteiger partial charge >= 0.3 is 0 Å². The van der Waals surface area contributed by atoms with Crippen LogP contribution < -0.4 is 0 Å². The Morgan fingerprint density at radius 2 is 2.42 bits per heavy atom. The SMILES string of the molecule is C=C1CCCO[C@](C)(COC)C1. The zero-order chi connectivity index (χ0) is 9.03. The van der Waals surface area contributed by atoms with Crippen LogP contribution in [0, 0.1) is 0 Å². The standard InChI is InChI=1S/C10H18O2/c1-9-5-4-6-12-10(2,7-9)8-11-3/h1,4-8H2,2-3H3/t10-/m0/s1. The summed E-state index contributed by atoms with van der Waals surface area (Å²) in [5, 5.41) is 0. The van der Waals surface area contributed by atoms with Gasteiger partial charge < -0.3 is 9.47 Å². The maximum absolute atomic E-state index is 5.72. The van der Waals surface area contributed by atoms with E-state index >= 15 is 0 Å². The summed E-state index contributed by atoms with van der Waals surface area (Å²) in [4.78, 5) is 0. The van der Waals surface area contributed by atoms with Gasteiger partial charge in [0.2, 0.25) is 0 Å². The molecule has 1 saturated heterocycles. The lowest BCUT2D eigenvalue weighted by Gasteiger charge is -2.27. The summed E-state index contributed by atoms with van der Waals surface area (Å²) in [6, 6.07) is 0. The summed E-state index contributed by atoms with van der Waals surface area (Å²) in [6.45, 7) is 7.60. The van der Waals surface area contributed by atoms with E-state index < -0.39 is 0 Å². The minimum absolute atomic E-state index is 0.137. The van der Waals surface area contributed by atoms with Gasteiger partial charge in [0, 0.05) is 13.7 Å². The van der Waals surface area contributed by atoms with Gasteiger partial charge in [-0.15, -0.1) is 0 Å². The maximum Gasteiger partial charge on any atom is 0.0923 e. The molecule has 0 spiro atoms. The molecular formula is C10H18O2. The molecule has 1 fully saturated rings. The molecule has 2 heteroatoms. The first-order valence-corrected chi connectivity index (χ1v) is 4.46. The minimum Gasteiger partial charge on any atom is -0.382 e. The lowest BCUT2D eigenvalue weighted by atomic mass is 9.97. The van der Waals surface area contributed by atoms with Gasteiger partial charge in [-0.25, -0.2) is 0 Å². The van der Waals surface area contributed by atoms with Crippen LogP contribution in [-0.2, 0) is 9.47 Å². The molecule has 1 atom stereocenters. The fraction of sp³-hybridized carbons (Fsp3) is 0.800. The lowest BCUT2D eigenvalue weighted by Crippen LogP contribution is -2.33. The Morgan fingerprint density at radius 1 is 1.67 bits per heavy atom. The smallest absolute Gasteiger partial charge is 0.0923 e. The zero-order valence-electron chi connectivity index (χ0n) is 8.06. The van der Waals surface area contributed by atoms with Crippen LogP contribution in [-0.4, -0.2) is 25.9 Å². The Labute approximate surface area is 74.6 Å². The first kappa shape index (κ1) is 9.75. The number of hydrogen-bond donors (Lipinski definition) is 0. The molecule has 1 aliphatic rings. The second-order valence-electron chi connectivity index (χ2n) is 3.76. The van der Waals surface area contributed by atoms with Crippen molar-refractivity contribution in [2.45, 2.75) is 31.8 Å². The second kappa shape index (κ2) is 4.06. The van der Waals surface area contributed by atoms with Crippen LogP contribution in [0.5, 0.6) is 0 Å². The van der Waals surface area contributed by atoms with E-state index in [1.807, 2.05) is 0 Å². The van der Waals surface area contributed by atoms with Gasteiger partial charge in [0.25, 0.3) is 0 Å². The van der Waals surface area contributed by atoms with Crippen molar-refractivity contribution in [1.29, 1.82) is 0 Å². The van der Waals surface area contributed by atoms with Gasteiger partial charge in [-0.2, -0.15) is 0 Å². The van der Waals surface area contributed by atoms with Crippen molar-refractivity contribution in [3.63, 3.8) is 0 Å². The third-order valence-electron chi connectivity index (χ3n) is 2.20. The van der Waals surface area contributed by atoms with Crippen LogP contribution >= 0.6 is 0 Å². The van der Waals surface area contributed by atoms with Crippen molar-refractivity contribution < 1.29 is 9.47 Å². The highest BCUT2D eigenvalue weighted by molar-refractivity contribution is 5.02. The van der Waals surface area contributed by atoms with E-state index in [2.05, 4.69) is 13.5 Å². The normalized spacial score (nSPS) is 31.7. The number of ether oxygens (including phenoxy) is 2. The molecule has 12 heavy (non-hydrogen) atoms. The van der Waals surface area contributed by atoms with Crippen molar-refractivity contribution in [2.24, 2.45) is 0 Å². The molecule has 1 aliphatic heterocycles. The van der Waals surface area contributed by atoms with Gasteiger partial charge in [-0.1, -0.05) is 12.2 Å². The molecule has 0 aliphatic carbocycles. The molecule has 0 aromatic rings. The van der Waals surface area contributed by atoms with E-state index in [1.165, 1.54) is 5.57 Å². The molecular weight excluding hydrogens is 152 g/mol. The summed E-state index contributed by atoms with van der Waals surface area (Å²) in [5.74, 6) is 0. The highest BCUT2D eigenvalue weighted by Gasteiger charge is 2.27. The van der Waals surface area contributed by atoms with Crippen molar-refractivity contribution in [3.05, 3.63) is 12.2 Å². The molecule has 0 unspecified atom stereocenters. The van der Waals surface area contributed by atoms with Crippen LogP contribution in [0.15, 0.2) is 12.2 Å². The van der Waals surface area contributed by atoms with Crippen LogP contribution in [0.25, 0.3) is 0 Å². The Kier molecular flexibility index (Phi) is 3.29. The fourth-order valence-corrected chi connectivity index (χ4v) is 1.71. The summed E-state index contributed by atoms with van der Waals surface area (Å²) in [5.41, 5.74) is 1.15. The number of methoxy groups -OCH3 is 1. The van der Waals surface area contributed by atoms with Gasteiger partial charge in [0.05, 0.1) is 12.2 Å². The largest absolute Gasteiger partial charge is 0.382 e. The zero-order valence-corrected chi connectivity index (χ0v) is 8.06. The quantitative estimate of drug-likeness (QED) is 0.591. The first-order chi connectivity index (χ1) is 5.66. The molecule has 1 heterocycles. The molecule has 0 amide bonds. The number of rotatable bonds is 2. The Balaban J connectivity index is 2.54. The summed E-state index contributed by atoms with van der Waals surface area (Å²) < 4.78 is 10.8. The summed E-state index contributed by atoms with van der Waals surface area (Å²) in [6.07, 6.45) is 3.12. The third kappa shape index (κ3) is 2.61. The maximum atomic E-state index is 5.72. The van der Waals surface area contributed by atoms with Crippen molar-refractivity contribution in [3.8, 4) is 0 Å². The molecule has 1 rings (SSSR count). The average molecular weight is 170 g/mol. The summed E-state index contributed by atoms with van der Waals surface area (Å²) >= 11 is 0. The molecule has 2 nitrogen and oxygen atoms in total. The van der Waals surface area contributed by atoms with Crippen LogP contribution in [0.3, 0.4) is 0 Å². The van der Waals surface area contributed by atoms with Crippen molar-refractivity contribution in [2.75, 3.05) is 20.3 Å². The topological polar surface area (TPSA) is 18.5 Å². The molecule has 0 N–H and O–H groups in total. The van der Waals surface area contributed by atoms with E-state index in [0.29, 0.717) is 6.61 Å². The first-order valence-electron chi connectivity index (χ1n) is 4.46. The van der Waals surface area contributed by atoms with E-state index in [4.69, 9.17) is 9.47 Å². The lowest BCUT2D eigenvalue weighted by molar-refractivity contribution is -0.0709. The Hall–Kier alpha value is -0.340. The molecule has 0 aromatic carbocycles. The summed E-state index contributed by atoms with van der Waals surface area (Å²) in [7, 11) is 1.71. The van der Waals surface area contributed by atoms with Gasteiger partial charge in [0.15, 0.2) is 0 Å². The molecule has 0 saturated carbocycles. The molecule has 0 radical (unpaired) electrons. The highest BCUT2D eigenvalue weighted by Crippen LogP contribution is 2.26. The van der Waals surface area contributed by atoms with Gasteiger partial charge in [0.1, 0.15) is 0 Å². The van der Waals surface area contributed by atoms with E-state index in [9.17, 15) is 0 Å². The van der Waals surface area contributed by atoms with Crippen LogP contribution in [0.1, 0.15) is 26.2 Å². The second-order valence-corrected chi connectivity index (χ2v) is 3.76. The van der Waals surface area contributed by atoms with Gasteiger partial charge in [-0.05, 0) is 26.2 Å². The van der Waals surface area contributed by atoms with Crippen LogP contribution in [0.2, 0.25) is 0 Å². The monoisotopic (exact) mass is 170 g/mol. The third-order valence-corrected chi connectivity index (χ3v) is 2.20. The molecule has 0 bridgehead atoms. The fourth-order valence-electron chi connectivity index (χ4n) is 1.71. The minimum atomic E-state index is -0.137. The highest BCUT2D eigenvalue weighted by atomic mass is 16.5. The predicted octanol–water partition coefficient (Wildman–Crippen LogP) is 2.15. The van der Waals surface area contributed by atoms with Crippen LogP contribution in [0.4, 0.5) is 0 Å². The predicted molar refractivity (Wildman–Crippen MR) is 49.2 cm³/mol. The Bertz CT molecular complexity index is 165. The van der Waals surface area contributed by atoms with E-state index in [0.717, 1.165) is 25.9 Å². The van der Waals surface area contributed by atoms with Crippen molar-refractivity contribution >= 4 is 0 Å². The average Bonchev–Trinajstić information content (AvgIpc) is 2.12. The number of hydrogen-bond acceptors (Lipinski definition) is 2. The van der Waals surface area contributed by atoms with Crippen molar-refractivity contribution in [1.82, 2.24) is 0 Å². The molecule has 70 valence electrons. The molecule has 0 aromatic heterocycles. The van der Waals surface area contributed by atoms with Gasteiger partial charge in [-0.3, -0.25) is 0 Å².